The van der Waals surface area contributed by atoms with Gasteiger partial charge in [0, 0.05) is 0 Å². The van der Waals surface area contributed by atoms with Gasteiger partial charge < -0.3 is 10.1 Å². The molecule has 2 nitrogen and oxygen atoms in total. The van der Waals surface area contributed by atoms with Crippen LogP contribution in [-0.4, -0.2) is 19.2 Å². The third-order valence-electron chi connectivity index (χ3n) is 3.09. The number of ether oxygens (including phenoxy) is 1. The summed E-state index contributed by atoms with van der Waals surface area (Å²) in [6.45, 7) is 3.24. The standard InChI is InChI=1S/C13H16F3NO/c1-9-8-11(2-3-12(9)13(14,15)16)18-10-4-6-17-7-5-10/h2-3,8,10,17H,4-7H2,1H3. The van der Waals surface area contributed by atoms with Crippen LogP contribution in [0.15, 0.2) is 18.2 Å². The SMILES string of the molecule is Cc1cc(OC2CCNCC2)ccc1C(F)(F)F. The Kier molecular flexibility index (Phi) is 3.80. The second-order valence-corrected chi connectivity index (χ2v) is 4.54. The fourth-order valence-corrected chi connectivity index (χ4v) is 2.13. The summed E-state index contributed by atoms with van der Waals surface area (Å²) in [5, 5.41) is 3.21. The Bertz CT molecular complexity index is 411. The van der Waals surface area contributed by atoms with Gasteiger partial charge in [-0.3, -0.25) is 0 Å². The number of halogens is 3. The van der Waals surface area contributed by atoms with E-state index in [1.165, 1.54) is 19.1 Å². The lowest BCUT2D eigenvalue weighted by Crippen LogP contribution is -2.34. The molecular formula is C13H16F3NO. The minimum Gasteiger partial charge on any atom is -0.490 e. The van der Waals surface area contributed by atoms with E-state index in [2.05, 4.69) is 5.32 Å². The summed E-state index contributed by atoms with van der Waals surface area (Å²) in [5.41, 5.74) is -0.394. The molecule has 1 aromatic rings. The molecule has 18 heavy (non-hydrogen) atoms. The van der Waals surface area contributed by atoms with E-state index in [-0.39, 0.29) is 11.7 Å². The molecule has 2 rings (SSSR count). The van der Waals surface area contributed by atoms with Crippen molar-refractivity contribution >= 4 is 0 Å². The highest BCUT2D eigenvalue weighted by atomic mass is 19.4. The molecule has 0 atom stereocenters. The van der Waals surface area contributed by atoms with Crippen LogP contribution in [0.4, 0.5) is 13.2 Å². The van der Waals surface area contributed by atoms with E-state index in [1.54, 1.807) is 0 Å². The average Bonchev–Trinajstić information content (AvgIpc) is 2.28. The predicted molar refractivity (Wildman–Crippen MR) is 62.7 cm³/mol. The van der Waals surface area contributed by atoms with Crippen LogP contribution in [0, 0.1) is 6.92 Å². The topological polar surface area (TPSA) is 21.3 Å². The quantitative estimate of drug-likeness (QED) is 0.881. The smallest absolute Gasteiger partial charge is 0.416 e. The van der Waals surface area contributed by atoms with Crippen LogP contribution in [0.1, 0.15) is 24.0 Å². The summed E-state index contributed by atoms with van der Waals surface area (Å²) in [7, 11) is 0. The number of alkyl halides is 3. The fraction of sp³-hybridized carbons (Fsp3) is 0.538. The number of aryl methyl sites for hydroxylation is 1. The van der Waals surface area contributed by atoms with Gasteiger partial charge in [-0.05, 0) is 56.6 Å². The van der Waals surface area contributed by atoms with Gasteiger partial charge in [0.1, 0.15) is 11.9 Å². The Morgan fingerprint density at radius 2 is 1.89 bits per heavy atom. The van der Waals surface area contributed by atoms with Gasteiger partial charge in [-0.1, -0.05) is 0 Å². The van der Waals surface area contributed by atoms with E-state index < -0.39 is 11.7 Å². The van der Waals surface area contributed by atoms with Crippen molar-refractivity contribution in [2.45, 2.75) is 32.0 Å². The summed E-state index contributed by atoms with van der Waals surface area (Å²) in [6, 6.07) is 3.95. The normalized spacial score (nSPS) is 17.8. The number of rotatable bonds is 2. The fourth-order valence-electron chi connectivity index (χ4n) is 2.13. The third kappa shape index (κ3) is 3.16. The molecule has 1 aliphatic rings. The van der Waals surface area contributed by atoms with Crippen molar-refractivity contribution in [3.63, 3.8) is 0 Å². The van der Waals surface area contributed by atoms with E-state index in [0.29, 0.717) is 5.75 Å². The van der Waals surface area contributed by atoms with Gasteiger partial charge in [0.25, 0.3) is 0 Å². The number of hydrogen-bond donors (Lipinski definition) is 1. The molecule has 1 aliphatic heterocycles. The molecule has 0 aromatic heterocycles. The summed E-state index contributed by atoms with van der Waals surface area (Å²) in [6.07, 6.45) is -2.42. The Morgan fingerprint density at radius 1 is 1.22 bits per heavy atom. The van der Waals surface area contributed by atoms with E-state index in [1.807, 2.05) is 0 Å². The Balaban J connectivity index is 2.08. The molecule has 0 spiro atoms. The number of piperidine rings is 1. The van der Waals surface area contributed by atoms with Crippen LogP contribution in [0.2, 0.25) is 0 Å². The molecule has 0 saturated carbocycles. The van der Waals surface area contributed by atoms with Crippen LogP contribution in [0.25, 0.3) is 0 Å². The first kappa shape index (κ1) is 13.2. The number of hydrogen-bond acceptors (Lipinski definition) is 2. The predicted octanol–water partition coefficient (Wildman–Crippen LogP) is 3.14. The van der Waals surface area contributed by atoms with Crippen molar-refractivity contribution in [1.82, 2.24) is 5.32 Å². The van der Waals surface area contributed by atoms with Crippen LogP contribution in [0.5, 0.6) is 5.75 Å². The molecule has 0 aliphatic carbocycles. The lowest BCUT2D eigenvalue weighted by atomic mass is 10.1. The summed E-state index contributed by atoms with van der Waals surface area (Å²) in [5.74, 6) is 0.521. The summed E-state index contributed by atoms with van der Waals surface area (Å²) >= 11 is 0. The maximum atomic E-state index is 12.6. The summed E-state index contributed by atoms with van der Waals surface area (Å²) < 4.78 is 43.5. The number of nitrogens with one attached hydrogen (secondary N) is 1. The molecule has 0 radical (unpaired) electrons. The van der Waals surface area contributed by atoms with E-state index >= 15 is 0 Å². The van der Waals surface area contributed by atoms with Crippen LogP contribution >= 0.6 is 0 Å². The second kappa shape index (κ2) is 5.18. The molecule has 1 fully saturated rings. The second-order valence-electron chi connectivity index (χ2n) is 4.54. The zero-order valence-electron chi connectivity index (χ0n) is 10.2. The van der Waals surface area contributed by atoms with Crippen molar-refractivity contribution in [3.8, 4) is 5.75 Å². The first-order chi connectivity index (χ1) is 8.47. The molecule has 5 heteroatoms. The average molecular weight is 259 g/mol. The van der Waals surface area contributed by atoms with Gasteiger partial charge in [0.2, 0.25) is 0 Å². The van der Waals surface area contributed by atoms with Crippen molar-refractivity contribution in [2.75, 3.05) is 13.1 Å². The van der Waals surface area contributed by atoms with Gasteiger partial charge in [-0.15, -0.1) is 0 Å². The maximum absolute atomic E-state index is 12.6. The van der Waals surface area contributed by atoms with Gasteiger partial charge in [0.05, 0.1) is 5.56 Å². The van der Waals surface area contributed by atoms with E-state index in [4.69, 9.17) is 4.74 Å². The zero-order chi connectivity index (χ0) is 13.2. The lowest BCUT2D eigenvalue weighted by Gasteiger charge is -2.24. The van der Waals surface area contributed by atoms with Crippen LogP contribution in [0.3, 0.4) is 0 Å². The molecule has 1 saturated heterocycles. The first-order valence-electron chi connectivity index (χ1n) is 6.02. The van der Waals surface area contributed by atoms with E-state index in [9.17, 15) is 13.2 Å². The van der Waals surface area contributed by atoms with Crippen LogP contribution in [-0.2, 0) is 6.18 Å². The Labute approximate surface area is 104 Å². The lowest BCUT2D eigenvalue weighted by molar-refractivity contribution is -0.138. The highest BCUT2D eigenvalue weighted by molar-refractivity contribution is 5.36. The third-order valence-corrected chi connectivity index (χ3v) is 3.09. The highest BCUT2D eigenvalue weighted by Gasteiger charge is 2.32. The Morgan fingerprint density at radius 3 is 2.44 bits per heavy atom. The van der Waals surface area contributed by atoms with Gasteiger partial charge in [0.15, 0.2) is 0 Å². The largest absolute Gasteiger partial charge is 0.490 e. The van der Waals surface area contributed by atoms with Gasteiger partial charge in [-0.2, -0.15) is 13.2 Å². The van der Waals surface area contributed by atoms with Crippen molar-refractivity contribution in [1.29, 1.82) is 0 Å². The molecule has 1 aromatic carbocycles. The monoisotopic (exact) mass is 259 g/mol. The minimum absolute atomic E-state index is 0.0994. The van der Waals surface area contributed by atoms with Crippen LogP contribution < -0.4 is 10.1 Å². The number of benzene rings is 1. The van der Waals surface area contributed by atoms with Crippen molar-refractivity contribution in [3.05, 3.63) is 29.3 Å². The first-order valence-corrected chi connectivity index (χ1v) is 6.02. The molecule has 100 valence electrons. The maximum Gasteiger partial charge on any atom is 0.416 e. The van der Waals surface area contributed by atoms with Crippen molar-refractivity contribution in [2.24, 2.45) is 0 Å². The van der Waals surface area contributed by atoms with Gasteiger partial charge in [-0.25, -0.2) is 0 Å². The molecule has 1 heterocycles. The molecule has 0 bridgehead atoms. The zero-order valence-corrected chi connectivity index (χ0v) is 10.2. The molecule has 0 unspecified atom stereocenters. The Hall–Kier alpha value is -1.23. The highest BCUT2D eigenvalue weighted by Crippen LogP contribution is 2.33. The molecular weight excluding hydrogens is 243 g/mol. The van der Waals surface area contributed by atoms with E-state index in [0.717, 1.165) is 32.0 Å². The summed E-state index contributed by atoms with van der Waals surface area (Å²) in [4.78, 5) is 0. The van der Waals surface area contributed by atoms with Crippen molar-refractivity contribution < 1.29 is 17.9 Å². The molecule has 0 amide bonds. The minimum atomic E-state index is -4.29. The molecule has 1 N–H and O–H groups in total. The van der Waals surface area contributed by atoms with Gasteiger partial charge >= 0.3 is 6.18 Å².